The minimum atomic E-state index is -1.14. The van der Waals surface area contributed by atoms with Crippen molar-refractivity contribution in [2.24, 2.45) is 0 Å². The van der Waals surface area contributed by atoms with Crippen LogP contribution in [0, 0.1) is 6.92 Å². The molecule has 0 spiro atoms. The van der Waals surface area contributed by atoms with Crippen molar-refractivity contribution in [3.8, 4) is 11.3 Å². The van der Waals surface area contributed by atoms with Gasteiger partial charge in [-0.25, -0.2) is 4.79 Å². The van der Waals surface area contributed by atoms with Gasteiger partial charge < -0.3 is 13.9 Å². The van der Waals surface area contributed by atoms with E-state index in [1.54, 1.807) is 37.3 Å². The number of hydrogen-bond donors (Lipinski definition) is 1. The lowest BCUT2D eigenvalue weighted by Crippen LogP contribution is -1.96. The van der Waals surface area contributed by atoms with E-state index in [4.69, 9.17) is 32.0 Å². The highest BCUT2D eigenvalue weighted by molar-refractivity contribution is 8.03. The summed E-state index contributed by atoms with van der Waals surface area (Å²) in [6, 6.07) is 8.49. The lowest BCUT2D eigenvalue weighted by Gasteiger charge is -2.02. The smallest absolute Gasteiger partial charge is 0.342 e. The molecule has 0 aliphatic rings. The number of carboxylic acid groups (broad SMARTS) is 1. The first kappa shape index (κ1) is 17.6. The minimum absolute atomic E-state index is 0.0262. The van der Waals surface area contributed by atoms with E-state index >= 15 is 0 Å². The van der Waals surface area contributed by atoms with Crippen molar-refractivity contribution >= 4 is 47.0 Å². The van der Waals surface area contributed by atoms with Gasteiger partial charge in [-0.3, -0.25) is 0 Å². The topological polar surface area (TPSA) is 89.4 Å². The molecule has 128 valence electrons. The molecule has 1 N–H and O–H groups in total. The molecule has 25 heavy (non-hydrogen) atoms. The molecule has 0 amide bonds. The highest BCUT2D eigenvalue weighted by Gasteiger charge is 2.16. The first-order chi connectivity index (χ1) is 11.9. The second kappa shape index (κ2) is 7.35. The summed E-state index contributed by atoms with van der Waals surface area (Å²) >= 11 is 13.0. The van der Waals surface area contributed by atoms with Gasteiger partial charge in [0, 0.05) is 18.6 Å². The summed E-state index contributed by atoms with van der Waals surface area (Å²) in [5.74, 6) is 0.0250. The van der Waals surface area contributed by atoms with Crippen LogP contribution in [0.1, 0.15) is 11.7 Å². The Morgan fingerprint density at radius 1 is 1.20 bits per heavy atom. The molecule has 1 aromatic carbocycles. The van der Waals surface area contributed by atoms with Crippen LogP contribution in [0.5, 0.6) is 0 Å². The second-order valence-electron chi connectivity index (χ2n) is 4.81. The summed E-state index contributed by atoms with van der Waals surface area (Å²) in [4.78, 5) is 11.4. The van der Waals surface area contributed by atoms with Crippen molar-refractivity contribution in [1.29, 1.82) is 0 Å². The number of benzene rings is 1. The molecule has 0 fully saturated rings. The SMILES string of the molecule is Cc1nnc(S/C(=C\c2ccc(-c3cccc(Cl)c3Cl)o2)C(=O)O)o1. The molecule has 0 atom stereocenters. The van der Waals surface area contributed by atoms with Crippen molar-refractivity contribution in [2.75, 3.05) is 0 Å². The van der Waals surface area contributed by atoms with Gasteiger partial charge >= 0.3 is 5.97 Å². The summed E-state index contributed by atoms with van der Waals surface area (Å²) in [6.07, 6.45) is 1.37. The number of nitrogens with zero attached hydrogens (tertiary/aromatic N) is 2. The van der Waals surface area contributed by atoms with Crippen LogP contribution < -0.4 is 0 Å². The lowest BCUT2D eigenvalue weighted by molar-refractivity contribution is -0.131. The Morgan fingerprint density at radius 3 is 2.68 bits per heavy atom. The summed E-state index contributed by atoms with van der Waals surface area (Å²) in [7, 11) is 0. The van der Waals surface area contributed by atoms with Gasteiger partial charge in [-0.15, -0.1) is 10.2 Å². The molecule has 6 nitrogen and oxygen atoms in total. The molecule has 9 heteroatoms. The Hall–Kier alpha value is -2.22. The number of aliphatic carboxylic acids is 1. The van der Waals surface area contributed by atoms with Gasteiger partial charge in [0.2, 0.25) is 5.89 Å². The zero-order valence-corrected chi connectivity index (χ0v) is 15.0. The van der Waals surface area contributed by atoms with Crippen molar-refractivity contribution in [2.45, 2.75) is 12.1 Å². The fraction of sp³-hybridized carbons (Fsp3) is 0.0625. The Labute approximate surface area is 156 Å². The Bertz CT molecular complexity index is 965. The molecule has 0 saturated heterocycles. The number of carboxylic acids is 1. The first-order valence-corrected chi connectivity index (χ1v) is 8.48. The zero-order chi connectivity index (χ0) is 18.0. The van der Waals surface area contributed by atoms with Crippen LogP contribution >= 0.6 is 35.0 Å². The quantitative estimate of drug-likeness (QED) is 0.470. The maximum absolute atomic E-state index is 11.4. The number of aromatic nitrogens is 2. The molecule has 0 aliphatic heterocycles. The maximum atomic E-state index is 11.4. The number of thioether (sulfide) groups is 1. The molecule has 0 aliphatic carbocycles. The zero-order valence-electron chi connectivity index (χ0n) is 12.7. The summed E-state index contributed by atoms with van der Waals surface area (Å²) in [5, 5.41) is 17.7. The average molecular weight is 397 g/mol. The van der Waals surface area contributed by atoms with Crippen LogP contribution in [0.25, 0.3) is 17.4 Å². The molecule has 2 aromatic heterocycles. The van der Waals surface area contributed by atoms with E-state index in [9.17, 15) is 9.90 Å². The lowest BCUT2D eigenvalue weighted by atomic mass is 10.2. The highest BCUT2D eigenvalue weighted by Crippen LogP contribution is 2.35. The molecular formula is C16H10Cl2N2O4S. The summed E-state index contributed by atoms with van der Waals surface area (Å²) < 4.78 is 10.8. The summed E-state index contributed by atoms with van der Waals surface area (Å²) in [5.41, 5.74) is 0.617. The molecule has 3 rings (SSSR count). The van der Waals surface area contributed by atoms with Crippen LogP contribution in [-0.2, 0) is 4.79 Å². The largest absolute Gasteiger partial charge is 0.477 e. The van der Waals surface area contributed by atoms with Crippen LogP contribution in [0.4, 0.5) is 0 Å². The fourth-order valence-corrected chi connectivity index (χ4v) is 3.04. The van der Waals surface area contributed by atoms with Gasteiger partial charge in [0.05, 0.1) is 10.0 Å². The second-order valence-corrected chi connectivity index (χ2v) is 6.58. The van der Waals surface area contributed by atoms with Crippen LogP contribution in [0.3, 0.4) is 0 Å². The van der Waals surface area contributed by atoms with E-state index in [0.717, 1.165) is 11.8 Å². The molecule has 0 bridgehead atoms. The maximum Gasteiger partial charge on any atom is 0.342 e. The number of hydrogen-bond acceptors (Lipinski definition) is 6. The van der Waals surface area contributed by atoms with Crippen LogP contribution in [-0.4, -0.2) is 21.3 Å². The molecule has 3 aromatic rings. The number of aryl methyl sites for hydroxylation is 1. The van der Waals surface area contributed by atoms with Crippen molar-refractivity contribution in [1.82, 2.24) is 10.2 Å². The van der Waals surface area contributed by atoms with Crippen molar-refractivity contribution < 1.29 is 18.7 Å². The molecular weight excluding hydrogens is 387 g/mol. The van der Waals surface area contributed by atoms with Gasteiger partial charge in [-0.2, -0.15) is 0 Å². The van der Waals surface area contributed by atoms with Gasteiger partial charge in [-0.05, 0) is 36.0 Å². The van der Waals surface area contributed by atoms with E-state index < -0.39 is 5.97 Å². The van der Waals surface area contributed by atoms with E-state index in [0.29, 0.717) is 33.0 Å². The van der Waals surface area contributed by atoms with E-state index in [1.807, 2.05) is 0 Å². The third-order valence-electron chi connectivity index (χ3n) is 3.03. The molecule has 0 radical (unpaired) electrons. The molecule has 2 heterocycles. The third-order valence-corrected chi connectivity index (χ3v) is 4.70. The van der Waals surface area contributed by atoms with Gasteiger partial charge in [0.15, 0.2) is 0 Å². The minimum Gasteiger partial charge on any atom is -0.477 e. The monoisotopic (exact) mass is 396 g/mol. The Morgan fingerprint density at radius 2 is 2.00 bits per heavy atom. The van der Waals surface area contributed by atoms with E-state index in [2.05, 4.69) is 10.2 Å². The van der Waals surface area contributed by atoms with Gasteiger partial charge in [0.25, 0.3) is 5.22 Å². The standard InChI is InChI=1S/C16H10Cl2N2O4S/c1-8-19-20-16(23-8)25-13(15(21)22)7-9-5-6-12(24-9)10-3-2-4-11(17)14(10)18/h2-7H,1H3,(H,21,22)/b13-7-. The normalized spacial score (nSPS) is 11.7. The van der Waals surface area contributed by atoms with Gasteiger partial charge in [-0.1, -0.05) is 29.3 Å². The van der Waals surface area contributed by atoms with Crippen LogP contribution in [0.2, 0.25) is 10.0 Å². The van der Waals surface area contributed by atoms with E-state index in [-0.39, 0.29) is 10.1 Å². The predicted molar refractivity (Wildman–Crippen MR) is 94.7 cm³/mol. The number of furan rings is 1. The van der Waals surface area contributed by atoms with E-state index in [1.165, 1.54) is 6.08 Å². The number of halogens is 2. The summed E-state index contributed by atoms with van der Waals surface area (Å²) in [6.45, 7) is 1.62. The first-order valence-electron chi connectivity index (χ1n) is 6.91. The average Bonchev–Trinajstić information content (AvgIpc) is 3.18. The van der Waals surface area contributed by atoms with Crippen LogP contribution in [0.15, 0.2) is 49.3 Å². The fourth-order valence-electron chi connectivity index (χ4n) is 1.95. The third kappa shape index (κ3) is 4.07. The molecule has 0 unspecified atom stereocenters. The Kier molecular flexibility index (Phi) is 5.17. The highest BCUT2D eigenvalue weighted by atomic mass is 35.5. The molecule has 0 saturated carbocycles. The van der Waals surface area contributed by atoms with Gasteiger partial charge in [0.1, 0.15) is 16.4 Å². The van der Waals surface area contributed by atoms with Crippen molar-refractivity contribution in [3.05, 3.63) is 56.9 Å². The predicted octanol–water partition coefficient (Wildman–Crippen LogP) is 5.16. The van der Waals surface area contributed by atoms with Crippen molar-refractivity contribution in [3.63, 3.8) is 0 Å². The number of rotatable bonds is 5. The number of carbonyl (C=O) groups is 1. The Balaban J connectivity index is 1.90.